The molecule has 0 radical (unpaired) electrons. The first-order chi connectivity index (χ1) is 14.0. The number of hydrogen-bond acceptors (Lipinski definition) is 10. The van der Waals surface area contributed by atoms with Crippen molar-refractivity contribution in [3.63, 3.8) is 0 Å². The summed E-state index contributed by atoms with van der Waals surface area (Å²) in [6.07, 6.45) is -0.290. The van der Waals surface area contributed by atoms with Gasteiger partial charge in [-0.25, -0.2) is 4.79 Å². The highest BCUT2D eigenvalue weighted by atomic mass is 32.2. The summed E-state index contributed by atoms with van der Waals surface area (Å²) < 4.78 is 5.23. The molecule has 2 fully saturated rings. The van der Waals surface area contributed by atoms with Crippen LogP contribution in [0.4, 0.5) is 4.79 Å². The quantitative estimate of drug-likeness (QED) is 0.316. The minimum Gasteiger partial charge on any atom is -0.481 e. The van der Waals surface area contributed by atoms with Crippen molar-refractivity contribution in [2.45, 2.75) is 54.6 Å². The molecule has 2 saturated heterocycles. The number of alkyl carbamates (subject to hydrolysis) is 1. The van der Waals surface area contributed by atoms with Crippen molar-refractivity contribution >= 4 is 41.5 Å². The van der Waals surface area contributed by atoms with Crippen LogP contribution in [0.3, 0.4) is 0 Å². The molecule has 0 aliphatic carbocycles. The lowest BCUT2D eigenvalue weighted by Gasteiger charge is -2.54. The number of carbonyl (C=O) groups excluding carboxylic acids is 2. The van der Waals surface area contributed by atoms with Crippen molar-refractivity contribution < 1.29 is 24.2 Å². The third-order valence-electron chi connectivity index (χ3n) is 4.84. The second-order valence-corrected chi connectivity index (χ2v) is 10.4. The van der Waals surface area contributed by atoms with Crippen LogP contribution in [0.2, 0.25) is 0 Å². The summed E-state index contributed by atoms with van der Waals surface area (Å²) in [5.41, 5.74) is 3.92. The number of nitrogens with one attached hydrogen (secondary N) is 2. The fourth-order valence-electron chi connectivity index (χ4n) is 3.35. The van der Waals surface area contributed by atoms with Crippen LogP contribution in [0.15, 0.2) is 5.16 Å². The molecule has 0 spiro atoms. The molecule has 1 aromatic rings. The lowest BCUT2D eigenvalue weighted by atomic mass is 9.82. The van der Waals surface area contributed by atoms with Crippen molar-refractivity contribution in [1.29, 1.82) is 0 Å². The molecule has 12 nitrogen and oxygen atoms in total. The van der Waals surface area contributed by atoms with Crippen molar-refractivity contribution in [1.82, 2.24) is 30.8 Å². The van der Waals surface area contributed by atoms with Gasteiger partial charge in [0.2, 0.25) is 11.1 Å². The Bertz CT molecular complexity index is 802. The molecule has 0 bridgehead atoms. The molecular formula is C16H25N7O5S2. The van der Waals surface area contributed by atoms with Crippen molar-refractivity contribution in [3.05, 3.63) is 0 Å². The molecule has 2 amide bonds. The number of carbonyl (C=O) groups is 3. The molecule has 0 aromatic carbocycles. The molecule has 166 valence electrons. The number of rotatable bonds is 7. The van der Waals surface area contributed by atoms with Gasteiger partial charge in [-0.1, -0.05) is 11.8 Å². The van der Waals surface area contributed by atoms with Gasteiger partial charge < -0.3 is 25.8 Å². The smallest absolute Gasteiger partial charge is 0.407 e. The van der Waals surface area contributed by atoms with Crippen LogP contribution >= 0.6 is 23.5 Å². The number of ether oxygens (including phenoxy) is 1. The largest absolute Gasteiger partial charge is 0.481 e. The molecule has 4 atom stereocenters. The van der Waals surface area contributed by atoms with Crippen molar-refractivity contribution in [3.8, 4) is 0 Å². The Kier molecular flexibility index (Phi) is 6.48. The first-order valence-electron chi connectivity index (χ1n) is 9.31. The normalized spacial score (nSPS) is 27.1. The Morgan fingerprint density at radius 3 is 2.87 bits per heavy atom. The van der Waals surface area contributed by atoms with Gasteiger partial charge in [-0.2, -0.15) is 5.21 Å². The van der Waals surface area contributed by atoms with Gasteiger partial charge in [0.25, 0.3) is 0 Å². The number of fused-ring (bicyclic) bond motifs is 1. The summed E-state index contributed by atoms with van der Waals surface area (Å²) in [6, 6.07) is -0.598. The van der Waals surface area contributed by atoms with Crippen LogP contribution < -0.4 is 11.1 Å². The number of H-pyrrole nitrogens is 1. The van der Waals surface area contributed by atoms with E-state index in [4.69, 9.17) is 10.5 Å². The average Bonchev–Trinajstić information content (AvgIpc) is 3.17. The Hall–Kier alpha value is -2.06. The number of aliphatic carboxylic acids is 1. The number of nitrogens with two attached hydrogens (primary N) is 1. The second kappa shape index (κ2) is 8.59. The number of aromatic nitrogens is 4. The SMILES string of the molecule is CC(C)(C)OC(=O)NCCC(Sc1nn[nH]n1)C1(C(=O)O)CS[C@@H]2C(N)C(=O)N2C1. The van der Waals surface area contributed by atoms with E-state index in [0.717, 1.165) is 11.8 Å². The van der Waals surface area contributed by atoms with Gasteiger partial charge in [0, 0.05) is 24.1 Å². The van der Waals surface area contributed by atoms with Gasteiger partial charge in [0.1, 0.15) is 22.4 Å². The second-order valence-electron chi connectivity index (χ2n) is 8.17. The van der Waals surface area contributed by atoms with E-state index >= 15 is 0 Å². The maximum Gasteiger partial charge on any atom is 0.407 e. The molecule has 1 aromatic heterocycles. The van der Waals surface area contributed by atoms with E-state index in [2.05, 4.69) is 25.9 Å². The van der Waals surface area contributed by atoms with Crippen LogP contribution in [0.5, 0.6) is 0 Å². The predicted molar refractivity (Wildman–Crippen MR) is 109 cm³/mol. The summed E-state index contributed by atoms with van der Waals surface area (Å²) in [6.45, 7) is 5.48. The minimum absolute atomic E-state index is 0.0362. The van der Waals surface area contributed by atoms with E-state index in [1.165, 1.54) is 16.7 Å². The number of tetrazole rings is 1. The van der Waals surface area contributed by atoms with Crippen LogP contribution in [0.25, 0.3) is 0 Å². The van der Waals surface area contributed by atoms with Gasteiger partial charge in [-0.05, 0) is 32.4 Å². The number of nitrogens with zero attached hydrogens (tertiary/aromatic N) is 4. The van der Waals surface area contributed by atoms with E-state index in [1.54, 1.807) is 20.8 Å². The van der Waals surface area contributed by atoms with E-state index in [1.807, 2.05) is 0 Å². The number of amides is 2. The maximum atomic E-state index is 12.4. The van der Waals surface area contributed by atoms with Gasteiger partial charge in [-0.3, -0.25) is 9.59 Å². The molecule has 2 aliphatic rings. The van der Waals surface area contributed by atoms with Crippen molar-refractivity contribution in [2.75, 3.05) is 18.8 Å². The van der Waals surface area contributed by atoms with Gasteiger partial charge in [0.05, 0.1) is 0 Å². The summed E-state index contributed by atoms with van der Waals surface area (Å²) in [5.74, 6) is -1.01. The van der Waals surface area contributed by atoms with Crippen LogP contribution in [0, 0.1) is 5.41 Å². The monoisotopic (exact) mass is 459 g/mol. The van der Waals surface area contributed by atoms with E-state index in [9.17, 15) is 19.5 Å². The molecule has 3 rings (SSSR count). The van der Waals surface area contributed by atoms with Crippen LogP contribution in [-0.2, 0) is 14.3 Å². The number of β-lactam (4-membered cyclic amide) rings is 1. The fourth-order valence-corrected chi connectivity index (χ4v) is 6.18. The van der Waals surface area contributed by atoms with Crippen LogP contribution in [-0.4, -0.2) is 89.7 Å². The highest BCUT2D eigenvalue weighted by Gasteiger charge is 2.58. The minimum atomic E-state index is -1.27. The fraction of sp³-hybridized carbons (Fsp3) is 0.750. The molecule has 14 heteroatoms. The highest BCUT2D eigenvalue weighted by Crippen LogP contribution is 2.48. The Morgan fingerprint density at radius 1 is 1.53 bits per heavy atom. The molecule has 0 saturated carbocycles. The lowest BCUT2D eigenvalue weighted by molar-refractivity contribution is -0.156. The highest BCUT2D eigenvalue weighted by molar-refractivity contribution is 8.01. The third-order valence-corrected chi connectivity index (χ3v) is 7.76. The molecule has 3 unspecified atom stereocenters. The number of carboxylic acid groups (broad SMARTS) is 1. The third kappa shape index (κ3) is 4.64. The number of carboxylic acids is 1. The molecule has 30 heavy (non-hydrogen) atoms. The molecular weight excluding hydrogens is 434 g/mol. The Labute approximate surface area is 181 Å². The standard InChI is InChI=1S/C16H25N7O5S2/c1-15(2,3)28-14(27)18-5-4-8(30-13-19-21-22-20-13)16(12(25)26)6-23-10(24)9(17)11(23)29-7-16/h8-9,11H,4-7,17H2,1-3H3,(H,18,27)(H,25,26)(H,19,20,21,22)/t8?,9?,11-,16?/m1/s1. The summed E-state index contributed by atoms with van der Waals surface area (Å²) in [7, 11) is 0. The van der Waals surface area contributed by atoms with Crippen LogP contribution in [0.1, 0.15) is 27.2 Å². The van der Waals surface area contributed by atoms with E-state index in [-0.39, 0.29) is 35.3 Å². The zero-order valence-corrected chi connectivity index (χ0v) is 18.5. The van der Waals surface area contributed by atoms with Gasteiger partial charge in [-0.15, -0.1) is 22.0 Å². The Balaban J connectivity index is 1.75. The Morgan fingerprint density at radius 2 is 2.27 bits per heavy atom. The predicted octanol–water partition coefficient (Wildman–Crippen LogP) is -0.111. The lowest BCUT2D eigenvalue weighted by Crippen LogP contribution is -2.73. The molecule has 5 N–H and O–H groups in total. The number of hydrogen-bond donors (Lipinski definition) is 4. The number of aromatic amines is 1. The molecule has 2 aliphatic heterocycles. The first kappa shape index (κ1) is 22.6. The van der Waals surface area contributed by atoms with Gasteiger partial charge in [0.15, 0.2) is 0 Å². The first-order valence-corrected chi connectivity index (χ1v) is 11.2. The topological polar surface area (TPSA) is 176 Å². The van der Waals surface area contributed by atoms with Gasteiger partial charge >= 0.3 is 12.1 Å². The maximum absolute atomic E-state index is 12.4. The van der Waals surface area contributed by atoms with Crippen molar-refractivity contribution in [2.24, 2.45) is 11.1 Å². The van der Waals surface area contributed by atoms with E-state index < -0.39 is 34.4 Å². The summed E-state index contributed by atoms with van der Waals surface area (Å²) in [5, 5.41) is 26.0. The summed E-state index contributed by atoms with van der Waals surface area (Å²) >= 11 is 2.51. The van der Waals surface area contributed by atoms with E-state index in [0.29, 0.717) is 6.42 Å². The molecule has 3 heterocycles. The summed E-state index contributed by atoms with van der Waals surface area (Å²) in [4.78, 5) is 38.1. The average molecular weight is 460 g/mol. The number of thioether (sulfide) groups is 2. The zero-order valence-electron chi connectivity index (χ0n) is 16.8. The zero-order chi connectivity index (χ0) is 22.1.